The second-order valence-corrected chi connectivity index (χ2v) is 2.36. The second-order valence-electron chi connectivity index (χ2n) is 2.36. The maximum Gasteiger partial charge on any atom is 0.123 e. The van der Waals surface area contributed by atoms with E-state index in [-0.39, 0.29) is 0 Å². The summed E-state index contributed by atoms with van der Waals surface area (Å²) in [6, 6.07) is 1.93. The number of anilines is 1. The normalized spacial score (nSPS) is 10.0. The molecule has 0 fully saturated rings. The zero-order valence-electron chi connectivity index (χ0n) is 6.87. The summed E-state index contributed by atoms with van der Waals surface area (Å²) in [6.45, 7) is 1.61. The highest BCUT2D eigenvalue weighted by molar-refractivity contribution is 5.34. The zero-order chi connectivity index (χ0) is 8.10. The van der Waals surface area contributed by atoms with E-state index in [0.29, 0.717) is 0 Å². The largest absolute Gasteiger partial charge is 0.383 e. The van der Waals surface area contributed by atoms with E-state index in [1.165, 1.54) is 0 Å². The fourth-order valence-electron chi connectivity index (χ4n) is 0.810. The molecule has 1 rings (SSSR count). The molecule has 0 unspecified atom stereocenters. The first-order valence-electron chi connectivity index (χ1n) is 3.54. The van der Waals surface area contributed by atoms with E-state index >= 15 is 0 Å². The lowest BCUT2D eigenvalue weighted by Crippen LogP contribution is -2.22. The summed E-state index contributed by atoms with van der Waals surface area (Å²) in [4.78, 5) is 2.05. The highest BCUT2D eigenvalue weighted by Gasteiger charge is 1.99. The van der Waals surface area contributed by atoms with Gasteiger partial charge in [-0.2, -0.15) is 5.10 Å². The van der Waals surface area contributed by atoms with Gasteiger partial charge in [0.05, 0.1) is 12.8 Å². The van der Waals surface area contributed by atoms with Gasteiger partial charge in [-0.1, -0.05) is 0 Å². The molecule has 0 amide bonds. The van der Waals surface area contributed by atoms with Crippen molar-refractivity contribution in [1.82, 2.24) is 10.2 Å². The lowest BCUT2D eigenvalue weighted by molar-refractivity contribution is 0.206. The molecule has 1 N–H and O–H groups in total. The lowest BCUT2D eigenvalue weighted by Gasteiger charge is -2.15. The first kappa shape index (κ1) is 8.07. The number of aromatic nitrogens is 2. The predicted octanol–water partition coefficient (Wildman–Crippen LogP) is 0.492. The summed E-state index contributed by atoms with van der Waals surface area (Å²) in [6.07, 6.45) is 1.73. The number of ether oxygens (including phenoxy) is 1. The Hall–Kier alpha value is -1.03. The molecule has 62 valence electrons. The van der Waals surface area contributed by atoms with Crippen molar-refractivity contribution in [2.75, 3.05) is 32.2 Å². The van der Waals surface area contributed by atoms with Crippen LogP contribution >= 0.6 is 0 Å². The fourth-order valence-corrected chi connectivity index (χ4v) is 0.810. The number of H-pyrrole nitrogens is 1. The van der Waals surface area contributed by atoms with Gasteiger partial charge >= 0.3 is 0 Å². The lowest BCUT2D eigenvalue weighted by atomic mass is 10.5. The molecular formula is C7H13N3O. The summed E-state index contributed by atoms with van der Waals surface area (Å²) < 4.78 is 4.93. The van der Waals surface area contributed by atoms with Crippen LogP contribution in [-0.2, 0) is 4.74 Å². The molecule has 0 aromatic carbocycles. The number of hydrogen-bond acceptors (Lipinski definition) is 3. The van der Waals surface area contributed by atoms with Crippen LogP contribution in [0.15, 0.2) is 12.3 Å². The van der Waals surface area contributed by atoms with Gasteiger partial charge in [0.15, 0.2) is 0 Å². The highest BCUT2D eigenvalue weighted by Crippen LogP contribution is 2.04. The fraction of sp³-hybridized carbons (Fsp3) is 0.571. The molecule has 1 aromatic heterocycles. The molecule has 0 aliphatic rings. The minimum absolute atomic E-state index is 0.732. The Morgan fingerprint density at radius 1 is 1.73 bits per heavy atom. The SMILES string of the molecule is COCCN(C)c1ccn[nH]1. The molecule has 0 aliphatic heterocycles. The molecule has 0 bridgehead atoms. The molecule has 0 saturated heterocycles. The summed E-state index contributed by atoms with van der Waals surface area (Å²) in [5.74, 6) is 1.02. The van der Waals surface area contributed by atoms with Crippen LogP contribution < -0.4 is 4.90 Å². The van der Waals surface area contributed by atoms with Crippen LogP contribution in [0, 0.1) is 0 Å². The van der Waals surface area contributed by atoms with Crippen LogP contribution in [0.3, 0.4) is 0 Å². The third-order valence-electron chi connectivity index (χ3n) is 1.53. The number of likely N-dealkylation sites (N-methyl/N-ethyl adjacent to an activating group) is 1. The Kier molecular flexibility index (Phi) is 2.92. The van der Waals surface area contributed by atoms with E-state index in [1.807, 2.05) is 13.1 Å². The van der Waals surface area contributed by atoms with Gasteiger partial charge in [-0.15, -0.1) is 0 Å². The Morgan fingerprint density at radius 2 is 2.55 bits per heavy atom. The average Bonchev–Trinajstić information content (AvgIpc) is 2.52. The topological polar surface area (TPSA) is 41.1 Å². The smallest absolute Gasteiger partial charge is 0.123 e. The van der Waals surface area contributed by atoms with Crippen molar-refractivity contribution in [3.63, 3.8) is 0 Å². The van der Waals surface area contributed by atoms with Crippen molar-refractivity contribution in [3.8, 4) is 0 Å². The quantitative estimate of drug-likeness (QED) is 0.688. The first-order valence-corrected chi connectivity index (χ1v) is 3.54. The van der Waals surface area contributed by atoms with Crippen molar-refractivity contribution < 1.29 is 4.74 Å². The number of nitrogens with one attached hydrogen (secondary N) is 1. The molecular weight excluding hydrogens is 142 g/mol. The third kappa shape index (κ3) is 2.23. The van der Waals surface area contributed by atoms with Crippen LogP contribution in [0.2, 0.25) is 0 Å². The molecule has 11 heavy (non-hydrogen) atoms. The standard InChI is InChI=1S/C7H13N3O/c1-10(5-6-11-2)7-3-4-8-9-7/h3-4H,5-6H2,1-2H3,(H,8,9). The molecule has 0 aliphatic carbocycles. The van der Waals surface area contributed by atoms with E-state index in [2.05, 4.69) is 15.1 Å². The molecule has 0 radical (unpaired) electrons. The molecule has 1 heterocycles. The Balaban J connectivity index is 2.36. The van der Waals surface area contributed by atoms with Crippen LogP contribution in [0.25, 0.3) is 0 Å². The van der Waals surface area contributed by atoms with Crippen molar-refractivity contribution in [3.05, 3.63) is 12.3 Å². The summed E-state index contributed by atoms with van der Waals surface area (Å²) in [5.41, 5.74) is 0. The molecule has 0 atom stereocenters. The number of nitrogens with zero attached hydrogens (tertiary/aromatic N) is 2. The molecule has 4 nitrogen and oxygen atoms in total. The predicted molar refractivity (Wildman–Crippen MR) is 43.7 cm³/mol. The molecule has 4 heteroatoms. The van der Waals surface area contributed by atoms with Gasteiger partial charge in [0, 0.05) is 26.8 Å². The Labute approximate surface area is 66.2 Å². The minimum atomic E-state index is 0.732. The van der Waals surface area contributed by atoms with Crippen molar-refractivity contribution in [1.29, 1.82) is 0 Å². The van der Waals surface area contributed by atoms with E-state index in [0.717, 1.165) is 19.0 Å². The van der Waals surface area contributed by atoms with Crippen LogP contribution in [0.1, 0.15) is 0 Å². The maximum absolute atomic E-state index is 4.93. The molecule has 0 spiro atoms. The number of hydrogen-bond donors (Lipinski definition) is 1. The molecule has 0 saturated carbocycles. The van der Waals surface area contributed by atoms with Gasteiger partial charge in [0.1, 0.15) is 5.82 Å². The third-order valence-corrected chi connectivity index (χ3v) is 1.53. The monoisotopic (exact) mass is 155 g/mol. The summed E-state index contributed by atoms with van der Waals surface area (Å²) in [5, 5.41) is 6.71. The van der Waals surface area contributed by atoms with Gasteiger partial charge in [0.25, 0.3) is 0 Å². The Morgan fingerprint density at radius 3 is 3.09 bits per heavy atom. The minimum Gasteiger partial charge on any atom is -0.383 e. The molecule has 1 aromatic rings. The van der Waals surface area contributed by atoms with E-state index in [1.54, 1.807) is 13.3 Å². The van der Waals surface area contributed by atoms with Crippen molar-refractivity contribution >= 4 is 5.82 Å². The summed E-state index contributed by atoms with van der Waals surface area (Å²) in [7, 11) is 3.69. The number of rotatable bonds is 4. The van der Waals surface area contributed by atoms with E-state index in [4.69, 9.17) is 4.74 Å². The number of methoxy groups -OCH3 is 1. The van der Waals surface area contributed by atoms with Gasteiger partial charge in [-0.3, -0.25) is 5.10 Å². The van der Waals surface area contributed by atoms with Gasteiger partial charge < -0.3 is 9.64 Å². The Bertz CT molecular complexity index is 186. The van der Waals surface area contributed by atoms with E-state index in [9.17, 15) is 0 Å². The van der Waals surface area contributed by atoms with E-state index < -0.39 is 0 Å². The summed E-state index contributed by atoms with van der Waals surface area (Å²) >= 11 is 0. The maximum atomic E-state index is 4.93. The van der Waals surface area contributed by atoms with Gasteiger partial charge in [0.2, 0.25) is 0 Å². The number of aromatic amines is 1. The first-order chi connectivity index (χ1) is 5.34. The van der Waals surface area contributed by atoms with Gasteiger partial charge in [-0.25, -0.2) is 0 Å². The second kappa shape index (κ2) is 3.98. The van der Waals surface area contributed by atoms with Crippen LogP contribution in [0.5, 0.6) is 0 Å². The van der Waals surface area contributed by atoms with Gasteiger partial charge in [-0.05, 0) is 0 Å². The zero-order valence-corrected chi connectivity index (χ0v) is 6.87. The van der Waals surface area contributed by atoms with Crippen LogP contribution in [0.4, 0.5) is 5.82 Å². The van der Waals surface area contributed by atoms with Crippen LogP contribution in [-0.4, -0.2) is 37.5 Å². The average molecular weight is 155 g/mol. The highest BCUT2D eigenvalue weighted by atomic mass is 16.5. The van der Waals surface area contributed by atoms with Crippen molar-refractivity contribution in [2.24, 2.45) is 0 Å². The van der Waals surface area contributed by atoms with Crippen molar-refractivity contribution in [2.45, 2.75) is 0 Å².